The Balaban J connectivity index is 1.38. The van der Waals surface area contributed by atoms with E-state index in [1.54, 1.807) is 0 Å². The van der Waals surface area contributed by atoms with Crippen LogP contribution in [0.2, 0.25) is 0 Å². The third-order valence-corrected chi connectivity index (χ3v) is 5.95. The van der Waals surface area contributed by atoms with Crippen LogP contribution in [0, 0.1) is 0 Å². The molecule has 0 bridgehead atoms. The van der Waals surface area contributed by atoms with Crippen LogP contribution in [0.1, 0.15) is 46.0 Å². The molecule has 0 aromatic heterocycles. The number of benzene rings is 3. The molecular weight excluding hydrogens is 384 g/mol. The van der Waals surface area contributed by atoms with Crippen molar-refractivity contribution in [1.29, 1.82) is 0 Å². The second-order valence-electron chi connectivity index (χ2n) is 8.21. The van der Waals surface area contributed by atoms with Crippen LogP contribution in [0.3, 0.4) is 0 Å². The fraction of sp³-hybridized carbons (Fsp3) is 0.296. The van der Waals surface area contributed by atoms with Crippen LogP contribution in [-0.4, -0.2) is 36.5 Å². The van der Waals surface area contributed by atoms with Crippen molar-refractivity contribution in [3.05, 3.63) is 107 Å². The predicted molar refractivity (Wildman–Crippen MR) is 124 cm³/mol. The quantitative estimate of drug-likeness (QED) is 0.586. The number of nitrogens with zero attached hydrogens (tertiary/aromatic N) is 1. The fourth-order valence-corrected chi connectivity index (χ4v) is 4.25. The van der Waals surface area contributed by atoms with Gasteiger partial charge in [0.15, 0.2) is 0 Å². The summed E-state index contributed by atoms with van der Waals surface area (Å²) in [4.78, 5) is 13.7. The maximum absolute atomic E-state index is 11.2. The van der Waals surface area contributed by atoms with Gasteiger partial charge in [0.25, 0.3) is 0 Å². The number of hydrogen-bond acceptors (Lipinski definition) is 3. The number of hydrogen-bond donors (Lipinski definition) is 1. The summed E-state index contributed by atoms with van der Waals surface area (Å²) < 4.78 is 6.69. The third kappa shape index (κ3) is 5.81. The molecule has 1 aliphatic heterocycles. The van der Waals surface area contributed by atoms with E-state index in [-0.39, 0.29) is 18.1 Å². The molecule has 2 N–H and O–H groups in total. The first-order chi connectivity index (χ1) is 15.2. The topological polar surface area (TPSA) is 55.6 Å². The van der Waals surface area contributed by atoms with Crippen LogP contribution in [0.5, 0.6) is 0 Å². The van der Waals surface area contributed by atoms with Gasteiger partial charge in [-0.15, -0.1) is 0 Å². The molecule has 3 aromatic carbocycles. The monoisotopic (exact) mass is 414 g/mol. The van der Waals surface area contributed by atoms with E-state index in [1.165, 1.54) is 16.7 Å². The van der Waals surface area contributed by atoms with Crippen molar-refractivity contribution in [2.75, 3.05) is 19.6 Å². The number of carbonyl (C=O) groups is 1. The maximum atomic E-state index is 11.2. The van der Waals surface area contributed by atoms with E-state index in [4.69, 9.17) is 10.5 Å². The molecule has 1 amide bonds. The van der Waals surface area contributed by atoms with Crippen molar-refractivity contribution in [1.82, 2.24) is 4.90 Å². The van der Waals surface area contributed by atoms with Crippen molar-refractivity contribution in [3.8, 4) is 0 Å². The Kier molecular flexibility index (Phi) is 7.13. The molecule has 1 unspecified atom stereocenters. The normalized spacial score (nSPS) is 17.0. The molecule has 0 saturated carbocycles. The number of nitrogens with two attached hydrogens (primary N) is 1. The zero-order valence-corrected chi connectivity index (χ0v) is 17.8. The summed E-state index contributed by atoms with van der Waals surface area (Å²) in [6, 6.07) is 28.6. The molecule has 0 radical (unpaired) electrons. The van der Waals surface area contributed by atoms with Gasteiger partial charge in [-0.2, -0.15) is 0 Å². The van der Waals surface area contributed by atoms with Crippen LogP contribution >= 0.6 is 0 Å². The van der Waals surface area contributed by atoms with Crippen LogP contribution in [-0.2, 0) is 11.2 Å². The molecule has 0 spiro atoms. The number of rotatable bonds is 8. The van der Waals surface area contributed by atoms with E-state index >= 15 is 0 Å². The number of carbonyl (C=O) groups excluding carboxylic acids is 1. The lowest BCUT2D eigenvalue weighted by Gasteiger charge is -2.35. The third-order valence-electron chi connectivity index (χ3n) is 5.95. The largest absolute Gasteiger partial charge is 0.366 e. The molecule has 4 nitrogen and oxygen atoms in total. The van der Waals surface area contributed by atoms with E-state index in [1.807, 2.05) is 36.4 Å². The van der Waals surface area contributed by atoms with Crippen molar-refractivity contribution >= 4 is 5.91 Å². The van der Waals surface area contributed by atoms with Gasteiger partial charge in [-0.1, -0.05) is 72.8 Å². The summed E-state index contributed by atoms with van der Waals surface area (Å²) in [6.07, 6.45) is 3.33. The van der Waals surface area contributed by atoms with Gasteiger partial charge in [0.2, 0.25) is 5.91 Å². The van der Waals surface area contributed by atoms with Crippen molar-refractivity contribution in [2.24, 2.45) is 5.73 Å². The van der Waals surface area contributed by atoms with Crippen LogP contribution in [0.4, 0.5) is 0 Å². The minimum atomic E-state index is -0.381. The lowest BCUT2D eigenvalue weighted by molar-refractivity contribution is -0.0330. The summed E-state index contributed by atoms with van der Waals surface area (Å²) in [5, 5.41) is 0. The van der Waals surface area contributed by atoms with Crippen molar-refractivity contribution in [3.63, 3.8) is 0 Å². The van der Waals surface area contributed by atoms with Crippen LogP contribution in [0.25, 0.3) is 0 Å². The standard InChI is InChI=1S/C27H30N2O2/c28-27(30)24-15-13-21(14-16-24)17-19-29-18-7-12-25(20-29)31-26(22-8-3-1-4-9-22)23-10-5-2-6-11-23/h1-6,8-11,13-16,25-26H,7,12,17-20H2,(H2,28,30). The highest BCUT2D eigenvalue weighted by Gasteiger charge is 2.25. The first-order valence-corrected chi connectivity index (χ1v) is 11.1. The smallest absolute Gasteiger partial charge is 0.248 e. The number of piperidine rings is 1. The number of ether oxygens (including phenoxy) is 1. The molecule has 160 valence electrons. The summed E-state index contributed by atoms with van der Waals surface area (Å²) >= 11 is 0. The minimum absolute atomic E-state index is 0.0475. The minimum Gasteiger partial charge on any atom is -0.366 e. The Morgan fingerprint density at radius 3 is 2.13 bits per heavy atom. The first-order valence-electron chi connectivity index (χ1n) is 11.1. The molecule has 0 aliphatic carbocycles. The maximum Gasteiger partial charge on any atom is 0.248 e. The number of amides is 1. The van der Waals surface area contributed by atoms with Gasteiger partial charge in [0.05, 0.1) is 6.10 Å². The molecule has 4 rings (SSSR count). The first kappa shape index (κ1) is 21.3. The Hall–Kier alpha value is -2.95. The molecule has 1 heterocycles. The van der Waals surface area contributed by atoms with Crippen molar-refractivity contribution < 1.29 is 9.53 Å². The molecule has 31 heavy (non-hydrogen) atoms. The fourth-order valence-electron chi connectivity index (χ4n) is 4.25. The Bertz CT molecular complexity index is 918. The highest BCUT2D eigenvalue weighted by atomic mass is 16.5. The zero-order chi connectivity index (χ0) is 21.5. The summed E-state index contributed by atoms with van der Waals surface area (Å²) in [5.41, 5.74) is 9.50. The van der Waals surface area contributed by atoms with Gasteiger partial charge in [-0.3, -0.25) is 4.79 Å². The SMILES string of the molecule is NC(=O)c1ccc(CCN2CCCC(OC(c3ccccc3)c3ccccc3)C2)cc1. The molecule has 1 atom stereocenters. The molecular formula is C27H30N2O2. The lowest BCUT2D eigenvalue weighted by atomic mass is 10.00. The van der Waals surface area contributed by atoms with Crippen LogP contribution in [0.15, 0.2) is 84.9 Å². The highest BCUT2D eigenvalue weighted by Crippen LogP contribution is 2.29. The Labute approximate surface area is 184 Å². The second kappa shape index (κ2) is 10.4. The number of likely N-dealkylation sites (tertiary alicyclic amines) is 1. The van der Waals surface area contributed by atoms with Crippen molar-refractivity contribution in [2.45, 2.75) is 31.5 Å². The van der Waals surface area contributed by atoms with Gasteiger partial charge >= 0.3 is 0 Å². The average Bonchev–Trinajstić information content (AvgIpc) is 2.83. The van der Waals surface area contributed by atoms with E-state index in [9.17, 15) is 4.79 Å². The van der Waals surface area contributed by atoms with Gasteiger partial charge in [0, 0.05) is 18.7 Å². The Morgan fingerprint density at radius 2 is 1.55 bits per heavy atom. The molecule has 1 saturated heterocycles. The summed E-state index contributed by atoms with van der Waals surface area (Å²) in [7, 11) is 0. The summed E-state index contributed by atoms with van der Waals surface area (Å²) in [5.74, 6) is -0.381. The molecule has 1 fully saturated rings. The molecule has 3 aromatic rings. The summed E-state index contributed by atoms with van der Waals surface area (Å²) in [6.45, 7) is 3.02. The average molecular weight is 415 g/mol. The van der Waals surface area contributed by atoms with E-state index in [2.05, 4.69) is 53.4 Å². The lowest BCUT2D eigenvalue weighted by Crippen LogP contribution is -2.41. The highest BCUT2D eigenvalue weighted by molar-refractivity contribution is 5.92. The predicted octanol–water partition coefficient (Wildman–Crippen LogP) is 4.60. The Morgan fingerprint density at radius 1 is 0.935 bits per heavy atom. The zero-order valence-electron chi connectivity index (χ0n) is 17.8. The van der Waals surface area contributed by atoms with E-state index < -0.39 is 0 Å². The van der Waals surface area contributed by atoms with Crippen LogP contribution < -0.4 is 5.73 Å². The van der Waals surface area contributed by atoms with Gasteiger partial charge < -0.3 is 15.4 Å². The molecule has 1 aliphatic rings. The van der Waals surface area contributed by atoms with E-state index in [0.29, 0.717) is 5.56 Å². The second-order valence-corrected chi connectivity index (χ2v) is 8.21. The van der Waals surface area contributed by atoms with E-state index in [0.717, 1.165) is 38.9 Å². The number of primary amides is 1. The van der Waals surface area contributed by atoms with Gasteiger partial charge in [0.1, 0.15) is 6.10 Å². The van der Waals surface area contributed by atoms with Gasteiger partial charge in [-0.25, -0.2) is 0 Å². The van der Waals surface area contributed by atoms with Gasteiger partial charge in [-0.05, 0) is 54.6 Å². The molecule has 4 heteroatoms.